The van der Waals surface area contributed by atoms with E-state index < -0.39 is 22.0 Å². The van der Waals surface area contributed by atoms with Gasteiger partial charge in [0.2, 0.25) is 0 Å². The molecule has 0 saturated carbocycles. The Balaban J connectivity index is 2.71. The summed E-state index contributed by atoms with van der Waals surface area (Å²) < 4.78 is 21.5. The quantitative estimate of drug-likeness (QED) is 0.298. The average Bonchev–Trinajstić information content (AvgIpc) is 2.05. The Bertz CT molecular complexity index is 213. The molecule has 1 fully saturated rings. The minimum atomic E-state index is -3.05. The van der Waals surface area contributed by atoms with Gasteiger partial charge in [0, 0.05) is 0 Å². The lowest BCUT2D eigenvalue weighted by molar-refractivity contribution is 0.166. The first-order valence-electron chi connectivity index (χ1n) is 2.90. The second-order valence-corrected chi connectivity index (χ2v) is 4.57. The molecule has 0 amide bonds. The van der Waals surface area contributed by atoms with E-state index in [2.05, 4.69) is 5.43 Å². The van der Waals surface area contributed by atoms with Gasteiger partial charge in [-0.1, -0.05) is 0 Å². The van der Waals surface area contributed by atoms with Crippen molar-refractivity contribution in [1.29, 1.82) is 0 Å². The second-order valence-electron chi connectivity index (χ2n) is 2.42. The molecule has 0 aromatic carbocycles. The maximum atomic E-state index is 10.8. The molecule has 2 atom stereocenters. The molecule has 1 saturated heterocycles. The van der Waals surface area contributed by atoms with Gasteiger partial charge in [-0.05, 0) is 0 Å². The van der Waals surface area contributed by atoms with Crippen LogP contribution in [-0.2, 0) is 9.84 Å². The highest BCUT2D eigenvalue weighted by molar-refractivity contribution is 7.91. The third-order valence-corrected chi connectivity index (χ3v) is 3.25. The third-order valence-electron chi connectivity index (χ3n) is 1.54. The first-order chi connectivity index (χ1) is 4.55. The molecule has 0 aromatic heterocycles. The van der Waals surface area contributed by atoms with E-state index >= 15 is 0 Å². The number of sulfone groups is 1. The van der Waals surface area contributed by atoms with Crippen molar-refractivity contribution in [2.24, 2.45) is 5.84 Å². The first kappa shape index (κ1) is 7.93. The first-order valence-corrected chi connectivity index (χ1v) is 4.72. The lowest BCUT2D eigenvalue weighted by Gasteiger charge is -2.08. The van der Waals surface area contributed by atoms with Crippen LogP contribution in [0, 0.1) is 0 Å². The van der Waals surface area contributed by atoms with Gasteiger partial charge >= 0.3 is 0 Å². The summed E-state index contributed by atoms with van der Waals surface area (Å²) in [5.74, 6) is 4.73. The number of aliphatic hydroxyl groups excluding tert-OH is 1. The van der Waals surface area contributed by atoms with Crippen molar-refractivity contribution in [2.75, 3.05) is 11.5 Å². The Hall–Kier alpha value is -0.170. The number of nitrogens with one attached hydrogen (secondary N) is 1. The molecule has 60 valence electrons. The Labute approximate surface area is 59.1 Å². The number of hydrazine groups is 1. The molecule has 0 unspecified atom stereocenters. The summed E-state index contributed by atoms with van der Waals surface area (Å²) in [6, 6.07) is -0.495. The van der Waals surface area contributed by atoms with Crippen molar-refractivity contribution in [3.05, 3.63) is 0 Å². The van der Waals surface area contributed by atoms with Crippen LogP contribution in [0.15, 0.2) is 0 Å². The molecule has 0 spiro atoms. The highest BCUT2D eigenvalue weighted by atomic mass is 32.2. The van der Waals surface area contributed by atoms with E-state index in [1.807, 2.05) is 0 Å². The van der Waals surface area contributed by atoms with Gasteiger partial charge in [-0.25, -0.2) is 8.42 Å². The van der Waals surface area contributed by atoms with E-state index in [1.165, 1.54) is 0 Å². The zero-order valence-corrected chi connectivity index (χ0v) is 6.13. The van der Waals surface area contributed by atoms with Crippen LogP contribution in [0.4, 0.5) is 0 Å². The summed E-state index contributed by atoms with van der Waals surface area (Å²) >= 11 is 0. The monoisotopic (exact) mass is 166 g/mol. The number of aliphatic hydroxyl groups is 1. The molecule has 10 heavy (non-hydrogen) atoms. The number of hydrogen-bond donors (Lipinski definition) is 3. The fraction of sp³-hybridized carbons (Fsp3) is 1.00. The van der Waals surface area contributed by atoms with E-state index in [1.54, 1.807) is 0 Å². The molecule has 6 heteroatoms. The fourth-order valence-corrected chi connectivity index (χ4v) is 2.74. The second kappa shape index (κ2) is 2.46. The molecular formula is C4H10N2O3S. The van der Waals surface area contributed by atoms with Crippen molar-refractivity contribution in [3.8, 4) is 0 Å². The minimum absolute atomic E-state index is 0.0648. The van der Waals surface area contributed by atoms with E-state index in [0.717, 1.165) is 0 Å². The number of rotatable bonds is 1. The van der Waals surface area contributed by atoms with Gasteiger partial charge in [-0.2, -0.15) is 0 Å². The average molecular weight is 166 g/mol. The van der Waals surface area contributed by atoms with Crippen molar-refractivity contribution < 1.29 is 13.5 Å². The molecule has 1 rings (SSSR count). The maximum Gasteiger partial charge on any atom is 0.154 e. The van der Waals surface area contributed by atoms with Gasteiger partial charge in [0.05, 0.1) is 23.7 Å². The summed E-state index contributed by atoms with van der Waals surface area (Å²) in [5, 5.41) is 9.00. The summed E-state index contributed by atoms with van der Waals surface area (Å²) in [6.07, 6.45) is -0.852. The number of nitrogens with two attached hydrogens (primary N) is 1. The normalized spacial score (nSPS) is 38.2. The zero-order valence-electron chi connectivity index (χ0n) is 5.32. The molecule has 1 heterocycles. The standard InChI is InChI=1S/C4H10N2O3S/c5-6-3-1-10(8,9)2-4(3)7/h3-4,6-7H,1-2,5H2/t3-,4+/m1/s1. The molecule has 0 bridgehead atoms. The molecule has 1 aliphatic heterocycles. The minimum Gasteiger partial charge on any atom is -0.390 e. The van der Waals surface area contributed by atoms with Gasteiger partial charge in [0.15, 0.2) is 9.84 Å². The Kier molecular flexibility index (Phi) is 1.95. The van der Waals surface area contributed by atoms with Crippen LogP contribution in [0.3, 0.4) is 0 Å². The van der Waals surface area contributed by atoms with Crippen LogP contribution >= 0.6 is 0 Å². The Morgan fingerprint density at radius 1 is 1.50 bits per heavy atom. The van der Waals surface area contributed by atoms with Gasteiger partial charge in [-0.3, -0.25) is 11.3 Å². The summed E-state index contributed by atoms with van der Waals surface area (Å²) in [6.45, 7) is 0. The molecule has 5 nitrogen and oxygen atoms in total. The van der Waals surface area contributed by atoms with Crippen molar-refractivity contribution in [2.45, 2.75) is 12.1 Å². The molecule has 4 N–H and O–H groups in total. The maximum absolute atomic E-state index is 10.8. The molecule has 0 radical (unpaired) electrons. The molecule has 1 aliphatic rings. The molecular weight excluding hydrogens is 156 g/mol. The highest BCUT2D eigenvalue weighted by Gasteiger charge is 2.35. The van der Waals surface area contributed by atoms with Crippen LogP contribution in [0.5, 0.6) is 0 Å². The van der Waals surface area contributed by atoms with Crippen molar-refractivity contribution in [1.82, 2.24) is 5.43 Å². The van der Waals surface area contributed by atoms with Crippen molar-refractivity contribution >= 4 is 9.84 Å². The summed E-state index contributed by atoms with van der Waals surface area (Å²) in [7, 11) is -3.05. The zero-order chi connectivity index (χ0) is 7.78. The van der Waals surface area contributed by atoms with Crippen LogP contribution in [0.25, 0.3) is 0 Å². The largest absolute Gasteiger partial charge is 0.390 e. The Morgan fingerprint density at radius 3 is 2.30 bits per heavy atom. The predicted molar refractivity (Wildman–Crippen MR) is 35.8 cm³/mol. The topological polar surface area (TPSA) is 92.4 Å². The molecule has 0 aromatic rings. The predicted octanol–water partition coefficient (Wildman–Crippen LogP) is -2.39. The van der Waals surface area contributed by atoms with E-state index in [0.29, 0.717) is 0 Å². The fourth-order valence-electron chi connectivity index (χ4n) is 0.988. The van der Waals surface area contributed by atoms with E-state index in [-0.39, 0.29) is 11.5 Å². The third kappa shape index (κ3) is 1.46. The van der Waals surface area contributed by atoms with Crippen molar-refractivity contribution in [3.63, 3.8) is 0 Å². The van der Waals surface area contributed by atoms with Gasteiger partial charge < -0.3 is 5.11 Å². The van der Waals surface area contributed by atoms with Crippen LogP contribution in [0.1, 0.15) is 0 Å². The van der Waals surface area contributed by atoms with Crippen LogP contribution < -0.4 is 11.3 Å². The van der Waals surface area contributed by atoms with Gasteiger partial charge in [0.1, 0.15) is 0 Å². The summed E-state index contributed by atoms with van der Waals surface area (Å²) in [4.78, 5) is 0. The smallest absolute Gasteiger partial charge is 0.154 e. The lowest BCUT2D eigenvalue weighted by atomic mass is 10.2. The highest BCUT2D eigenvalue weighted by Crippen LogP contribution is 2.10. The SMILES string of the molecule is NN[C@@H]1CS(=O)(=O)C[C@@H]1O. The van der Waals surface area contributed by atoms with Crippen LogP contribution in [-0.4, -0.2) is 37.2 Å². The van der Waals surface area contributed by atoms with Gasteiger partial charge in [-0.15, -0.1) is 0 Å². The summed E-state index contributed by atoms with van der Waals surface area (Å²) in [5.41, 5.74) is 2.24. The van der Waals surface area contributed by atoms with Gasteiger partial charge in [0.25, 0.3) is 0 Å². The van der Waals surface area contributed by atoms with Crippen LogP contribution in [0.2, 0.25) is 0 Å². The van der Waals surface area contributed by atoms with E-state index in [9.17, 15) is 8.42 Å². The number of hydrogen-bond acceptors (Lipinski definition) is 5. The lowest BCUT2D eigenvalue weighted by Crippen LogP contribution is -2.43. The van der Waals surface area contributed by atoms with E-state index in [4.69, 9.17) is 10.9 Å². The molecule has 0 aliphatic carbocycles. The Morgan fingerprint density at radius 2 is 2.10 bits per heavy atom.